The Bertz CT molecular complexity index is 1080. The zero-order valence-electron chi connectivity index (χ0n) is 15.7. The summed E-state index contributed by atoms with van der Waals surface area (Å²) in [4.78, 5) is 32.0. The lowest BCUT2D eigenvalue weighted by Gasteiger charge is -2.14. The molecule has 0 bridgehead atoms. The predicted octanol–water partition coefficient (Wildman–Crippen LogP) is 4.74. The first-order valence-electron chi connectivity index (χ1n) is 8.81. The molecule has 2 aromatic carbocycles. The molecule has 0 saturated heterocycles. The fraction of sp³-hybridized carbons (Fsp3) is 0.211. The Kier molecular flexibility index (Phi) is 6.50. The standard InChI is InChI=1S/C19H18ClN5O3S/c1-3-21-17-13-6-4-5-7-15(13)23-19(24-17)29-11(2)18(26)22-16-10-12(25(27)28)8-9-14(16)20/h4-11H,3H2,1-2H3,(H,22,26)(H,21,23,24). The molecule has 0 aliphatic carbocycles. The second-order valence-electron chi connectivity index (χ2n) is 6.07. The number of hydrogen-bond acceptors (Lipinski definition) is 7. The van der Waals surface area contributed by atoms with Gasteiger partial charge in [0.15, 0.2) is 5.16 Å². The Morgan fingerprint density at radius 2 is 2.03 bits per heavy atom. The molecule has 0 radical (unpaired) electrons. The van der Waals surface area contributed by atoms with E-state index < -0.39 is 10.2 Å². The Morgan fingerprint density at radius 1 is 1.28 bits per heavy atom. The van der Waals surface area contributed by atoms with Gasteiger partial charge in [0.05, 0.1) is 26.4 Å². The molecule has 1 amide bonds. The summed E-state index contributed by atoms with van der Waals surface area (Å²) in [5.74, 6) is 0.342. The van der Waals surface area contributed by atoms with Crippen molar-refractivity contribution in [2.24, 2.45) is 0 Å². The molecule has 1 atom stereocenters. The molecule has 29 heavy (non-hydrogen) atoms. The van der Waals surface area contributed by atoms with Crippen molar-refractivity contribution in [3.05, 3.63) is 57.6 Å². The number of fused-ring (bicyclic) bond motifs is 1. The third-order valence-corrected chi connectivity index (χ3v) is 5.29. The van der Waals surface area contributed by atoms with Crippen LogP contribution >= 0.6 is 23.4 Å². The minimum absolute atomic E-state index is 0.154. The van der Waals surface area contributed by atoms with Gasteiger partial charge in [-0.2, -0.15) is 0 Å². The first kappa shape index (κ1) is 20.8. The summed E-state index contributed by atoms with van der Waals surface area (Å²) < 4.78 is 0. The van der Waals surface area contributed by atoms with Gasteiger partial charge in [-0.15, -0.1) is 0 Å². The molecule has 150 valence electrons. The van der Waals surface area contributed by atoms with Gasteiger partial charge in [0.2, 0.25) is 5.91 Å². The highest BCUT2D eigenvalue weighted by atomic mass is 35.5. The molecule has 0 fully saturated rings. The monoisotopic (exact) mass is 431 g/mol. The molecule has 0 saturated carbocycles. The van der Waals surface area contributed by atoms with Crippen LogP contribution in [-0.2, 0) is 4.79 Å². The number of para-hydroxylation sites is 1. The number of nitro benzene ring substituents is 1. The van der Waals surface area contributed by atoms with Crippen molar-refractivity contribution >= 4 is 57.4 Å². The van der Waals surface area contributed by atoms with Gasteiger partial charge >= 0.3 is 0 Å². The lowest BCUT2D eigenvalue weighted by Crippen LogP contribution is -2.23. The number of thioether (sulfide) groups is 1. The van der Waals surface area contributed by atoms with Crippen molar-refractivity contribution in [2.45, 2.75) is 24.3 Å². The first-order chi connectivity index (χ1) is 13.9. The number of carbonyl (C=O) groups excluding carboxylic acids is 1. The van der Waals surface area contributed by atoms with Crippen molar-refractivity contribution in [1.29, 1.82) is 0 Å². The normalized spacial score (nSPS) is 11.8. The Labute approximate surface area is 176 Å². The zero-order chi connectivity index (χ0) is 21.0. The number of hydrogen-bond donors (Lipinski definition) is 2. The highest BCUT2D eigenvalue weighted by Gasteiger charge is 2.20. The number of nitro groups is 1. The van der Waals surface area contributed by atoms with Crippen LogP contribution in [0.25, 0.3) is 10.9 Å². The van der Waals surface area contributed by atoms with Crippen LogP contribution in [0.1, 0.15) is 13.8 Å². The van der Waals surface area contributed by atoms with E-state index in [0.29, 0.717) is 17.5 Å². The maximum atomic E-state index is 12.6. The number of benzene rings is 2. The fourth-order valence-corrected chi connectivity index (χ4v) is 3.52. The van der Waals surface area contributed by atoms with Crippen LogP contribution in [-0.4, -0.2) is 32.6 Å². The lowest BCUT2D eigenvalue weighted by atomic mass is 10.2. The van der Waals surface area contributed by atoms with Gasteiger partial charge < -0.3 is 10.6 Å². The molecule has 3 aromatic rings. The number of amides is 1. The molecule has 1 aromatic heterocycles. The van der Waals surface area contributed by atoms with Crippen LogP contribution in [0.5, 0.6) is 0 Å². The zero-order valence-corrected chi connectivity index (χ0v) is 17.3. The predicted molar refractivity (Wildman–Crippen MR) is 116 cm³/mol. The topological polar surface area (TPSA) is 110 Å². The van der Waals surface area contributed by atoms with Gasteiger partial charge in [0.1, 0.15) is 5.82 Å². The van der Waals surface area contributed by atoms with Gasteiger partial charge in [0.25, 0.3) is 5.69 Å². The SMILES string of the molecule is CCNc1nc(SC(C)C(=O)Nc2cc([N+](=O)[O-])ccc2Cl)nc2ccccc12. The maximum Gasteiger partial charge on any atom is 0.271 e. The summed E-state index contributed by atoms with van der Waals surface area (Å²) in [5.41, 5.74) is 0.805. The molecule has 0 aliphatic rings. The van der Waals surface area contributed by atoms with Crippen molar-refractivity contribution in [3.63, 3.8) is 0 Å². The minimum atomic E-state index is -0.555. The highest BCUT2D eigenvalue weighted by molar-refractivity contribution is 8.00. The van der Waals surface area contributed by atoms with Crippen LogP contribution in [0.3, 0.4) is 0 Å². The number of non-ortho nitro benzene ring substituents is 1. The van der Waals surface area contributed by atoms with E-state index in [0.717, 1.165) is 10.9 Å². The highest BCUT2D eigenvalue weighted by Crippen LogP contribution is 2.30. The number of rotatable bonds is 7. The number of aromatic nitrogens is 2. The summed E-state index contributed by atoms with van der Waals surface area (Å²) in [6, 6.07) is 11.5. The van der Waals surface area contributed by atoms with Gasteiger partial charge in [-0.1, -0.05) is 35.5 Å². The van der Waals surface area contributed by atoms with Crippen LogP contribution in [0.2, 0.25) is 5.02 Å². The van der Waals surface area contributed by atoms with Crippen LogP contribution < -0.4 is 10.6 Å². The summed E-state index contributed by atoms with van der Waals surface area (Å²) >= 11 is 7.24. The van der Waals surface area contributed by atoms with Crippen molar-refractivity contribution in [2.75, 3.05) is 17.2 Å². The van der Waals surface area contributed by atoms with Crippen LogP contribution in [0, 0.1) is 10.1 Å². The smallest absolute Gasteiger partial charge is 0.271 e. The fourth-order valence-electron chi connectivity index (χ4n) is 2.58. The van der Waals surface area contributed by atoms with Crippen molar-refractivity contribution in [1.82, 2.24) is 9.97 Å². The molecular weight excluding hydrogens is 414 g/mol. The van der Waals surface area contributed by atoms with Crippen molar-refractivity contribution in [3.8, 4) is 0 Å². The van der Waals surface area contributed by atoms with E-state index in [2.05, 4.69) is 20.6 Å². The molecule has 2 N–H and O–H groups in total. The van der Waals surface area contributed by atoms with Gasteiger partial charge in [-0.3, -0.25) is 14.9 Å². The number of nitrogens with zero attached hydrogens (tertiary/aromatic N) is 3. The quantitative estimate of drug-likeness (QED) is 0.240. The average Bonchev–Trinajstić information content (AvgIpc) is 2.69. The molecule has 0 spiro atoms. The van der Waals surface area contributed by atoms with Gasteiger partial charge in [0, 0.05) is 24.1 Å². The summed E-state index contributed by atoms with van der Waals surface area (Å²) in [6.45, 7) is 4.38. The average molecular weight is 432 g/mol. The molecular formula is C19H18ClN5O3S. The second kappa shape index (κ2) is 9.06. The number of anilines is 2. The lowest BCUT2D eigenvalue weighted by molar-refractivity contribution is -0.384. The van der Waals surface area contributed by atoms with E-state index >= 15 is 0 Å². The molecule has 10 heteroatoms. The summed E-state index contributed by atoms with van der Waals surface area (Å²) in [5, 5.41) is 17.8. The molecule has 0 aliphatic heterocycles. The maximum absolute atomic E-state index is 12.6. The molecule has 1 heterocycles. The van der Waals surface area contributed by atoms with E-state index in [9.17, 15) is 14.9 Å². The largest absolute Gasteiger partial charge is 0.370 e. The third kappa shape index (κ3) is 4.93. The van der Waals surface area contributed by atoms with E-state index in [-0.39, 0.29) is 22.3 Å². The Hall–Kier alpha value is -2.91. The van der Waals surface area contributed by atoms with Gasteiger partial charge in [-0.25, -0.2) is 9.97 Å². The molecule has 1 unspecified atom stereocenters. The van der Waals surface area contributed by atoms with E-state index in [4.69, 9.17) is 11.6 Å². The Balaban J connectivity index is 1.79. The van der Waals surface area contributed by atoms with E-state index in [1.54, 1.807) is 6.92 Å². The minimum Gasteiger partial charge on any atom is -0.370 e. The molecule has 3 rings (SSSR count). The second-order valence-corrected chi connectivity index (χ2v) is 7.79. The van der Waals surface area contributed by atoms with Crippen LogP contribution in [0.4, 0.5) is 17.2 Å². The first-order valence-corrected chi connectivity index (χ1v) is 10.1. The number of halogens is 1. The van der Waals surface area contributed by atoms with Crippen molar-refractivity contribution < 1.29 is 9.72 Å². The van der Waals surface area contributed by atoms with E-state index in [1.807, 2.05) is 31.2 Å². The van der Waals surface area contributed by atoms with Gasteiger partial charge in [-0.05, 0) is 32.0 Å². The summed E-state index contributed by atoms with van der Waals surface area (Å²) in [7, 11) is 0. The third-order valence-electron chi connectivity index (χ3n) is 4.00. The summed E-state index contributed by atoms with van der Waals surface area (Å²) in [6.07, 6.45) is 0. The molecule has 8 nitrogen and oxygen atoms in total. The van der Waals surface area contributed by atoms with Crippen LogP contribution in [0.15, 0.2) is 47.6 Å². The number of carbonyl (C=O) groups is 1. The Morgan fingerprint density at radius 3 is 2.76 bits per heavy atom. The van der Waals surface area contributed by atoms with E-state index in [1.165, 1.54) is 30.0 Å². The number of nitrogens with one attached hydrogen (secondary N) is 2.